The van der Waals surface area contributed by atoms with Gasteiger partial charge in [-0.15, -0.1) is 0 Å². The predicted molar refractivity (Wildman–Crippen MR) is 99.6 cm³/mol. The van der Waals surface area contributed by atoms with Crippen molar-refractivity contribution in [3.8, 4) is 5.75 Å². The first kappa shape index (κ1) is 17.5. The zero-order chi connectivity index (χ0) is 17.6. The highest BCUT2D eigenvalue weighted by Gasteiger charge is 2.34. The van der Waals surface area contributed by atoms with Gasteiger partial charge in [0.15, 0.2) is 0 Å². The molecule has 4 nitrogen and oxygen atoms in total. The van der Waals surface area contributed by atoms with Crippen LogP contribution in [0, 0.1) is 0 Å². The topological polar surface area (TPSA) is 32.8 Å². The van der Waals surface area contributed by atoms with E-state index in [1.54, 1.807) is 7.11 Å². The summed E-state index contributed by atoms with van der Waals surface area (Å²) in [7, 11) is 3.71. The molecule has 0 spiro atoms. The highest BCUT2D eigenvalue weighted by molar-refractivity contribution is 5.80. The molecule has 0 radical (unpaired) electrons. The van der Waals surface area contributed by atoms with Crippen LogP contribution in [0.2, 0.25) is 0 Å². The number of carbonyl (C=O) groups is 1. The summed E-state index contributed by atoms with van der Waals surface area (Å²) in [5.41, 5.74) is 2.55. The quantitative estimate of drug-likeness (QED) is 0.778. The maximum Gasteiger partial charge on any atom is 0.238 e. The third-order valence-electron chi connectivity index (χ3n) is 4.91. The molecule has 2 aromatic rings. The van der Waals surface area contributed by atoms with Crippen LogP contribution >= 0.6 is 0 Å². The molecule has 1 atom stereocenters. The second-order valence-electron chi connectivity index (χ2n) is 6.61. The van der Waals surface area contributed by atoms with Crippen LogP contribution in [0.1, 0.15) is 17.5 Å². The summed E-state index contributed by atoms with van der Waals surface area (Å²) >= 11 is 0. The summed E-state index contributed by atoms with van der Waals surface area (Å²) < 4.78 is 5.20. The van der Waals surface area contributed by atoms with E-state index in [1.165, 1.54) is 11.1 Å². The normalized spacial score (nSPS) is 17.9. The molecule has 3 rings (SSSR count). The number of rotatable bonds is 7. The van der Waals surface area contributed by atoms with Gasteiger partial charge in [-0.1, -0.05) is 42.5 Å². The molecule has 132 valence electrons. The van der Waals surface area contributed by atoms with Gasteiger partial charge < -0.3 is 9.64 Å². The smallest absolute Gasteiger partial charge is 0.238 e. The van der Waals surface area contributed by atoms with Gasteiger partial charge in [0.25, 0.3) is 0 Å². The van der Waals surface area contributed by atoms with Crippen molar-refractivity contribution < 1.29 is 9.53 Å². The average Bonchev–Trinajstić information content (AvgIpc) is 2.92. The molecule has 0 aromatic heterocycles. The third-order valence-corrected chi connectivity index (χ3v) is 4.91. The first-order valence-corrected chi connectivity index (χ1v) is 8.84. The Morgan fingerprint density at radius 1 is 1.00 bits per heavy atom. The van der Waals surface area contributed by atoms with Gasteiger partial charge in [-0.2, -0.15) is 0 Å². The minimum atomic E-state index is 0.186. The molecule has 0 bridgehead atoms. The van der Waals surface area contributed by atoms with Crippen molar-refractivity contribution in [3.05, 3.63) is 65.7 Å². The van der Waals surface area contributed by atoms with E-state index in [1.807, 2.05) is 30.1 Å². The van der Waals surface area contributed by atoms with E-state index < -0.39 is 0 Å². The van der Waals surface area contributed by atoms with Crippen molar-refractivity contribution in [1.29, 1.82) is 0 Å². The highest BCUT2D eigenvalue weighted by Crippen LogP contribution is 2.20. The second-order valence-corrected chi connectivity index (χ2v) is 6.61. The van der Waals surface area contributed by atoms with E-state index in [0.717, 1.165) is 31.6 Å². The van der Waals surface area contributed by atoms with Crippen LogP contribution in [0.15, 0.2) is 54.6 Å². The van der Waals surface area contributed by atoms with Gasteiger partial charge in [0.2, 0.25) is 5.91 Å². The lowest BCUT2D eigenvalue weighted by atomic mass is 10.1. The van der Waals surface area contributed by atoms with Gasteiger partial charge in [0, 0.05) is 6.54 Å². The number of benzene rings is 2. The lowest BCUT2D eigenvalue weighted by Crippen LogP contribution is -2.39. The molecule has 1 unspecified atom stereocenters. The molecule has 1 saturated heterocycles. The van der Waals surface area contributed by atoms with Crippen LogP contribution in [0.4, 0.5) is 0 Å². The SMILES string of the molecule is COc1ccc(CCN2C(=O)CN(C)C2CCc2ccccc2)cc1. The van der Waals surface area contributed by atoms with Crippen molar-refractivity contribution >= 4 is 5.91 Å². The molecule has 1 aliphatic heterocycles. The molecule has 1 heterocycles. The van der Waals surface area contributed by atoms with E-state index in [-0.39, 0.29) is 12.1 Å². The summed E-state index contributed by atoms with van der Waals surface area (Å²) in [6, 6.07) is 18.6. The van der Waals surface area contributed by atoms with Crippen LogP contribution in [0.3, 0.4) is 0 Å². The number of methoxy groups -OCH3 is 1. The molecular formula is C21H26N2O2. The zero-order valence-electron chi connectivity index (χ0n) is 15.0. The lowest BCUT2D eigenvalue weighted by Gasteiger charge is -2.28. The first-order valence-electron chi connectivity index (χ1n) is 8.84. The Bertz CT molecular complexity index is 685. The lowest BCUT2D eigenvalue weighted by molar-refractivity contribution is -0.128. The number of likely N-dealkylation sites (N-methyl/N-ethyl adjacent to an activating group) is 1. The Hall–Kier alpha value is -2.33. The maximum atomic E-state index is 12.4. The highest BCUT2D eigenvalue weighted by atomic mass is 16.5. The van der Waals surface area contributed by atoms with Gasteiger partial charge >= 0.3 is 0 Å². The molecule has 25 heavy (non-hydrogen) atoms. The van der Waals surface area contributed by atoms with Crippen molar-refractivity contribution in [2.75, 3.05) is 27.2 Å². The van der Waals surface area contributed by atoms with Gasteiger partial charge in [0.05, 0.1) is 19.8 Å². The molecule has 1 amide bonds. The Labute approximate surface area is 150 Å². The molecule has 0 aliphatic carbocycles. The summed E-state index contributed by atoms with van der Waals surface area (Å²) in [5.74, 6) is 1.09. The fourth-order valence-electron chi connectivity index (χ4n) is 3.45. The summed E-state index contributed by atoms with van der Waals surface area (Å²) in [6.07, 6.45) is 3.01. The van der Waals surface area contributed by atoms with Gasteiger partial charge in [-0.25, -0.2) is 0 Å². The largest absolute Gasteiger partial charge is 0.497 e. The Kier molecular flexibility index (Phi) is 5.71. The molecule has 4 heteroatoms. The van der Waals surface area contributed by atoms with Crippen LogP contribution in [-0.4, -0.2) is 49.1 Å². The van der Waals surface area contributed by atoms with E-state index >= 15 is 0 Å². The monoisotopic (exact) mass is 338 g/mol. The minimum Gasteiger partial charge on any atom is -0.497 e. The van der Waals surface area contributed by atoms with Crippen molar-refractivity contribution in [2.24, 2.45) is 0 Å². The predicted octanol–water partition coefficient (Wildman–Crippen LogP) is 2.97. The van der Waals surface area contributed by atoms with Crippen LogP contribution in [0.25, 0.3) is 0 Å². The van der Waals surface area contributed by atoms with E-state index in [2.05, 4.69) is 41.3 Å². The second kappa shape index (κ2) is 8.17. The molecule has 0 N–H and O–H groups in total. The average molecular weight is 338 g/mol. The number of nitrogens with zero attached hydrogens (tertiary/aromatic N) is 2. The van der Waals surface area contributed by atoms with Crippen LogP contribution in [-0.2, 0) is 17.6 Å². The Morgan fingerprint density at radius 2 is 1.68 bits per heavy atom. The van der Waals surface area contributed by atoms with Gasteiger partial charge in [0.1, 0.15) is 5.75 Å². The fourth-order valence-corrected chi connectivity index (χ4v) is 3.45. The summed E-state index contributed by atoms with van der Waals surface area (Å²) in [5, 5.41) is 0. The number of aryl methyl sites for hydroxylation is 1. The number of ether oxygens (including phenoxy) is 1. The molecule has 0 saturated carbocycles. The third kappa shape index (κ3) is 4.40. The summed E-state index contributed by atoms with van der Waals surface area (Å²) in [4.78, 5) is 16.6. The zero-order valence-corrected chi connectivity index (χ0v) is 15.0. The van der Waals surface area contributed by atoms with Crippen molar-refractivity contribution in [3.63, 3.8) is 0 Å². The van der Waals surface area contributed by atoms with Crippen LogP contribution < -0.4 is 4.74 Å². The minimum absolute atomic E-state index is 0.186. The van der Waals surface area contributed by atoms with Crippen molar-refractivity contribution in [2.45, 2.75) is 25.4 Å². The number of carbonyl (C=O) groups excluding carboxylic acids is 1. The summed E-state index contributed by atoms with van der Waals surface area (Å²) in [6.45, 7) is 1.27. The Balaban J connectivity index is 1.59. The number of hydrogen-bond acceptors (Lipinski definition) is 3. The standard InChI is InChI=1S/C21H26N2O2/c1-22-16-21(24)23(15-14-18-8-11-19(25-2)12-9-18)20(22)13-10-17-6-4-3-5-7-17/h3-9,11-12,20H,10,13-16H2,1-2H3. The van der Waals surface area contributed by atoms with E-state index in [4.69, 9.17) is 4.74 Å². The molecular weight excluding hydrogens is 312 g/mol. The Morgan fingerprint density at radius 3 is 2.36 bits per heavy atom. The van der Waals surface area contributed by atoms with E-state index in [9.17, 15) is 4.79 Å². The number of amides is 1. The van der Waals surface area contributed by atoms with Gasteiger partial charge in [-0.3, -0.25) is 9.69 Å². The molecule has 1 fully saturated rings. The van der Waals surface area contributed by atoms with Gasteiger partial charge in [-0.05, 0) is 49.6 Å². The van der Waals surface area contributed by atoms with Crippen LogP contribution in [0.5, 0.6) is 5.75 Å². The molecule has 1 aliphatic rings. The fraction of sp³-hybridized carbons (Fsp3) is 0.381. The first-order chi connectivity index (χ1) is 12.2. The maximum absolute atomic E-state index is 12.4. The number of hydrogen-bond donors (Lipinski definition) is 0. The van der Waals surface area contributed by atoms with E-state index in [0.29, 0.717) is 6.54 Å². The van der Waals surface area contributed by atoms with Crippen molar-refractivity contribution in [1.82, 2.24) is 9.80 Å². The molecule has 2 aromatic carbocycles.